The molecule has 5 nitrogen and oxygen atoms in total. The molecule has 0 saturated heterocycles. The Kier molecular flexibility index (Phi) is 5.50. The van der Waals surface area contributed by atoms with Gasteiger partial charge in [0.05, 0.1) is 26.5 Å². The van der Waals surface area contributed by atoms with Crippen molar-refractivity contribution in [1.82, 2.24) is 9.97 Å². The molecular formula is C11H19N3O2S. The van der Waals surface area contributed by atoms with Gasteiger partial charge in [-0.2, -0.15) is 16.7 Å². The highest BCUT2D eigenvalue weighted by Crippen LogP contribution is 2.27. The summed E-state index contributed by atoms with van der Waals surface area (Å²) in [6.07, 6.45) is 3.61. The maximum Gasteiger partial charge on any atom is 0.240 e. The van der Waals surface area contributed by atoms with Crippen molar-refractivity contribution in [3.8, 4) is 11.8 Å². The van der Waals surface area contributed by atoms with E-state index in [-0.39, 0.29) is 6.04 Å². The summed E-state index contributed by atoms with van der Waals surface area (Å²) in [4.78, 5) is 8.46. The number of nitrogens with two attached hydrogens (primary N) is 1. The van der Waals surface area contributed by atoms with E-state index in [0.29, 0.717) is 23.4 Å². The monoisotopic (exact) mass is 257 g/mol. The highest BCUT2D eigenvalue weighted by atomic mass is 32.2. The molecule has 0 spiro atoms. The highest BCUT2D eigenvalue weighted by Gasteiger charge is 2.21. The first-order valence-electron chi connectivity index (χ1n) is 5.33. The quantitative estimate of drug-likeness (QED) is 0.832. The minimum atomic E-state index is -0.184. The summed E-state index contributed by atoms with van der Waals surface area (Å²) in [5.74, 6) is 2.14. The lowest BCUT2D eigenvalue weighted by atomic mass is 10.0. The molecule has 0 radical (unpaired) electrons. The van der Waals surface area contributed by atoms with E-state index in [4.69, 9.17) is 15.2 Å². The van der Waals surface area contributed by atoms with Gasteiger partial charge in [-0.25, -0.2) is 4.98 Å². The van der Waals surface area contributed by atoms with Crippen LogP contribution in [0.15, 0.2) is 6.20 Å². The van der Waals surface area contributed by atoms with Gasteiger partial charge in [0, 0.05) is 0 Å². The van der Waals surface area contributed by atoms with Crippen LogP contribution in [0.4, 0.5) is 0 Å². The Balaban J connectivity index is 2.96. The van der Waals surface area contributed by atoms with Gasteiger partial charge in [-0.05, 0) is 17.9 Å². The number of hydrogen-bond donors (Lipinski definition) is 1. The van der Waals surface area contributed by atoms with Crippen molar-refractivity contribution < 1.29 is 9.47 Å². The molecule has 2 unspecified atom stereocenters. The second-order valence-electron chi connectivity index (χ2n) is 3.77. The minimum Gasteiger partial charge on any atom is -0.480 e. The van der Waals surface area contributed by atoms with Crippen LogP contribution in [0.5, 0.6) is 11.8 Å². The lowest BCUT2D eigenvalue weighted by Gasteiger charge is -2.19. The number of methoxy groups -OCH3 is 2. The number of hydrogen-bond acceptors (Lipinski definition) is 6. The Hall–Kier alpha value is -1.01. The molecule has 1 rings (SSSR count). The van der Waals surface area contributed by atoms with E-state index in [0.717, 1.165) is 5.75 Å². The molecule has 0 bridgehead atoms. The van der Waals surface area contributed by atoms with Crippen molar-refractivity contribution >= 4 is 11.8 Å². The standard InChI is InChI=1S/C11H19N3O2S/c1-7(6-17-4)9(12)10-11(16-3)14-8(15-2)5-13-10/h5,7,9H,6,12H2,1-4H3. The van der Waals surface area contributed by atoms with Gasteiger partial charge in [-0.1, -0.05) is 6.92 Å². The second-order valence-corrected chi connectivity index (χ2v) is 4.68. The van der Waals surface area contributed by atoms with Gasteiger partial charge in [0.1, 0.15) is 5.69 Å². The predicted octanol–water partition coefficient (Wildman–Crippen LogP) is 1.49. The number of nitrogens with zero attached hydrogens (tertiary/aromatic N) is 2. The van der Waals surface area contributed by atoms with Crippen molar-refractivity contribution in [1.29, 1.82) is 0 Å². The molecule has 0 aliphatic heterocycles. The molecule has 96 valence electrons. The third-order valence-electron chi connectivity index (χ3n) is 2.51. The van der Waals surface area contributed by atoms with Gasteiger partial charge < -0.3 is 15.2 Å². The number of aromatic nitrogens is 2. The maximum absolute atomic E-state index is 6.16. The van der Waals surface area contributed by atoms with Gasteiger partial charge in [-0.3, -0.25) is 0 Å². The molecule has 2 N–H and O–H groups in total. The van der Waals surface area contributed by atoms with Crippen molar-refractivity contribution in [3.05, 3.63) is 11.9 Å². The molecule has 2 atom stereocenters. The molecule has 0 saturated carbocycles. The molecule has 1 heterocycles. The molecule has 0 amide bonds. The fourth-order valence-electron chi connectivity index (χ4n) is 1.48. The Bertz CT molecular complexity index is 363. The molecule has 6 heteroatoms. The van der Waals surface area contributed by atoms with E-state index in [2.05, 4.69) is 23.1 Å². The summed E-state index contributed by atoms with van der Waals surface area (Å²) < 4.78 is 10.2. The Labute approximate surface area is 106 Å². The summed E-state index contributed by atoms with van der Waals surface area (Å²) in [6, 6.07) is -0.184. The van der Waals surface area contributed by atoms with Crippen LogP contribution < -0.4 is 15.2 Å². The minimum absolute atomic E-state index is 0.184. The van der Waals surface area contributed by atoms with E-state index >= 15 is 0 Å². The molecular weight excluding hydrogens is 238 g/mol. The summed E-state index contributed by atoms with van der Waals surface area (Å²) >= 11 is 1.76. The van der Waals surface area contributed by atoms with Gasteiger partial charge in [0.15, 0.2) is 0 Å². The van der Waals surface area contributed by atoms with E-state index < -0.39 is 0 Å². The van der Waals surface area contributed by atoms with Gasteiger partial charge in [0.2, 0.25) is 11.8 Å². The van der Waals surface area contributed by atoms with Gasteiger partial charge >= 0.3 is 0 Å². The van der Waals surface area contributed by atoms with Gasteiger partial charge in [0.25, 0.3) is 0 Å². The van der Waals surface area contributed by atoms with Crippen molar-refractivity contribution in [3.63, 3.8) is 0 Å². The van der Waals surface area contributed by atoms with Crippen LogP contribution in [0, 0.1) is 5.92 Å². The van der Waals surface area contributed by atoms with Crippen molar-refractivity contribution in [2.75, 3.05) is 26.2 Å². The lowest BCUT2D eigenvalue weighted by Crippen LogP contribution is -2.23. The fraction of sp³-hybridized carbons (Fsp3) is 0.636. The third kappa shape index (κ3) is 3.47. The van der Waals surface area contributed by atoms with Crippen LogP contribution in [0.3, 0.4) is 0 Å². The predicted molar refractivity (Wildman–Crippen MR) is 69.6 cm³/mol. The summed E-state index contributed by atoms with van der Waals surface area (Å²) in [7, 11) is 3.10. The smallest absolute Gasteiger partial charge is 0.240 e. The van der Waals surface area contributed by atoms with Crippen molar-refractivity contribution in [2.24, 2.45) is 11.7 Å². The zero-order valence-corrected chi connectivity index (χ0v) is 11.5. The topological polar surface area (TPSA) is 70.3 Å². The molecule has 0 fully saturated rings. The zero-order chi connectivity index (χ0) is 12.8. The van der Waals surface area contributed by atoms with E-state index in [1.807, 2.05) is 0 Å². The average molecular weight is 257 g/mol. The number of ether oxygens (including phenoxy) is 2. The third-order valence-corrected chi connectivity index (χ3v) is 3.36. The first-order valence-corrected chi connectivity index (χ1v) is 6.72. The first kappa shape index (κ1) is 14.1. The Morgan fingerprint density at radius 2 is 2.12 bits per heavy atom. The van der Waals surface area contributed by atoms with E-state index in [1.165, 1.54) is 0 Å². The molecule has 1 aromatic heterocycles. The summed E-state index contributed by atoms with van der Waals surface area (Å²) in [6.45, 7) is 2.09. The zero-order valence-electron chi connectivity index (χ0n) is 10.6. The average Bonchev–Trinajstić information content (AvgIpc) is 2.37. The van der Waals surface area contributed by atoms with E-state index in [9.17, 15) is 0 Å². The Morgan fingerprint density at radius 1 is 1.41 bits per heavy atom. The lowest BCUT2D eigenvalue weighted by molar-refractivity contribution is 0.348. The maximum atomic E-state index is 6.16. The fourth-order valence-corrected chi connectivity index (χ4v) is 2.21. The van der Waals surface area contributed by atoms with Crippen LogP contribution >= 0.6 is 11.8 Å². The molecule has 0 aliphatic rings. The van der Waals surface area contributed by atoms with Crippen molar-refractivity contribution in [2.45, 2.75) is 13.0 Å². The first-order chi connectivity index (χ1) is 8.13. The van der Waals surface area contributed by atoms with Crippen LogP contribution in [-0.2, 0) is 0 Å². The van der Waals surface area contributed by atoms with Crippen LogP contribution in [0.25, 0.3) is 0 Å². The van der Waals surface area contributed by atoms with E-state index in [1.54, 1.807) is 32.2 Å². The number of thioether (sulfide) groups is 1. The SMILES string of the molecule is COc1cnc(C(N)C(C)CSC)c(OC)n1. The summed E-state index contributed by atoms with van der Waals surface area (Å²) in [5, 5.41) is 0. The Morgan fingerprint density at radius 3 is 2.65 bits per heavy atom. The normalized spacial score (nSPS) is 14.2. The van der Waals surface area contributed by atoms with Crippen LogP contribution in [0.1, 0.15) is 18.7 Å². The molecule has 1 aromatic rings. The highest BCUT2D eigenvalue weighted by molar-refractivity contribution is 7.98. The van der Waals surface area contributed by atoms with Gasteiger partial charge in [-0.15, -0.1) is 0 Å². The molecule has 17 heavy (non-hydrogen) atoms. The van der Waals surface area contributed by atoms with Crippen LogP contribution in [0.2, 0.25) is 0 Å². The molecule has 0 aromatic carbocycles. The largest absolute Gasteiger partial charge is 0.480 e. The second kappa shape index (κ2) is 6.66. The van der Waals surface area contributed by atoms with Crippen LogP contribution in [-0.4, -0.2) is 36.2 Å². The number of rotatable bonds is 6. The summed E-state index contributed by atoms with van der Waals surface area (Å²) in [5.41, 5.74) is 6.83. The molecule has 0 aliphatic carbocycles.